The second-order valence-electron chi connectivity index (χ2n) is 20.2. The van der Waals surface area contributed by atoms with Crippen molar-refractivity contribution in [2.45, 2.75) is 0 Å². The first-order chi connectivity index (χ1) is 42.9. The number of non-ortho nitro benzene ring substituents is 2. The fraction of sp³-hybridized carbons (Fsp3) is 0.375. The van der Waals surface area contributed by atoms with Crippen LogP contribution in [0.3, 0.4) is 0 Å². The number of anilines is 2. The maximum Gasteiger partial charge on any atom is 0.298 e. The SMILES string of the molecule is Cl.ClCCN1CCOCC1.Nc1ccc(OCCN2CCOCC2)cc1.O=C(Nc1ccc(OCCN2CCOCC2)cc1)C(=O)c1c(-c2ccccc2)cc2ccccn12.O=[N+]([O-])c1ccc(O)cc1.O=[N+]([O-])c1ccc(OCCN2CCOCC2)cc1. The molecule has 0 radical (unpaired) electrons. The van der Waals surface area contributed by atoms with Gasteiger partial charge in [0.05, 0.1) is 62.7 Å². The van der Waals surface area contributed by atoms with Crippen molar-refractivity contribution in [3.05, 3.63) is 184 Å². The number of ether oxygens (including phenoxy) is 7. The number of benzene rings is 5. The van der Waals surface area contributed by atoms with E-state index < -0.39 is 21.5 Å². The highest BCUT2D eigenvalue weighted by Crippen LogP contribution is 2.29. The van der Waals surface area contributed by atoms with Gasteiger partial charge in [-0.1, -0.05) is 36.4 Å². The Hall–Kier alpha value is -7.94. The number of ketones is 1. The number of halogens is 2. The number of phenolic OH excluding ortho intramolecular Hbond substituents is 1. The smallest absolute Gasteiger partial charge is 0.298 e. The molecule has 0 saturated carbocycles. The summed E-state index contributed by atoms with van der Waals surface area (Å²) >= 11 is 5.55. The van der Waals surface area contributed by atoms with Gasteiger partial charge in [0.1, 0.15) is 48.5 Å². The van der Waals surface area contributed by atoms with Crippen LogP contribution < -0.4 is 25.3 Å². The first-order valence-corrected chi connectivity index (χ1v) is 29.7. The number of carbonyl (C=O) groups excluding carboxylic acids is 2. The average molecular weight is 1270 g/mol. The molecule has 4 aliphatic rings. The molecule has 23 nitrogen and oxygen atoms in total. The summed E-state index contributed by atoms with van der Waals surface area (Å²) in [5, 5.41) is 32.0. The predicted octanol–water partition coefficient (Wildman–Crippen LogP) is 8.70. The van der Waals surface area contributed by atoms with Gasteiger partial charge >= 0.3 is 0 Å². The third kappa shape index (κ3) is 24.9. The Morgan fingerprint density at radius 3 is 1.36 bits per heavy atom. The first-order valence-electron chi connectivity index (χ1n) is 29.2. The number of hydrogen-bond acceptors (Lipinski definition) is 19. The summed E-state index contributed by atoms with van der Waals surface area (Å²) in [5.41, 5.74) is 9.75. The molecule has 6 heterocycles. The predicted molar refractivity (Wildman–Crippen MR) is 344 cm³/mol. The van der Waals surface area contributed by atoms with E-state index >= 15 is 0 Å². The number of alkyl halides is 1. The highest BCUT2D eigenvalue weighted by Gasteiger charge is 2.25. The van der Waals surface area contributed by atoms with Crippen LogP contribution in [0.1, 0.15) is 10.5 Å². The lowest BCUT2D eigenvalue weighted by molar-refractivity contribution is -0.385. The third-order valence-corrected chi connectivity index (χ3v) is 14.3. The quantitative estimate of drug-likeness (QED) is 0.0161. The van der Waals surface area contributed by atoms with Crippen LogP contribution >= 0.6 is 24.0 Å². The largest absolute Gasteiger partial charge is 0.508 e. The lowest BCUT2D eigenvalue weighted by Gasteiger charge is -2.26. The molecule has 1 amide bonds. The van der Waals surface area contributed by atoms with Crippen molar-refractivity contribution >= 4 is 64.0 Å². The molecule has 0 unspecified atom stereocenters. The summed E-state index contributed by atoms with van der Waals surface area (Å²) in [6.45, 7) is 19.8. The summed E-state index contributed by atoms with van der Waals surface area (Å²) in [6.07, 6.45) is 1.80. The summed E-state index contributed by atoms with van der Waals surface area (Å²) in [7, 11) is 0. The number of nitrogens with one attached hydrogen (secondary N) is 1. The number of aromatic hydroxyl groups is 1. The second kappa shape index (κ2) is 39.1. The topological polar surface area (TPSA) is 261 Å². The minimum Gasteiger partial charge on any atom is -0.508 e. The summed E-state index contributed by atoms with van der Waals surface area (Å²) < 4.78 is 39.8. The Balaban J connectivity index is 0.000000196. The molecule has 4 N–H and O–H groups in total. The number of pyridine rings is 1. The number of hydrogen-bond donors (Lipinski definition) is 3. The van der Waals surface area contributed by atoms with Gasteiger partial charge in [0.15, 0.2) is 0 Å². The van der Waals surface area contributed by atoms with Gasteiger partial charge in [-0.2, -0.15) is 0 Å². The standard InChI is InChI=1S/C28H27N3O4.C12H16N2O4.C12H18N2O2.C6H12ClNO.C6H5NO3.ClH/c32-27(26-25(21-6-2-1-3-7-21)20-23-8-4-5-13-31(23)26)28(33)29-22-9-11-24(12-10-22)35-19-16-30-14-17-34-18-15-30;15-14(16)11-1-3-12(4-2-11)18-10-7-13-5-8-17-9-6-13;13-11-1-3-12(4-2-11)16-10-7-14-5-8-15-9-6-14;7-1-2-8-3-5-9-6-4-8;8-6-3-1-5(2-4-6)7(9)10;/h1-13,20H,14-19H2,(H,29,33);1-4H,5-10H2;1-4H,5-10,13H2;1-6H2;1-4,8H;1H. The molecule has 0 spiro atoms. The number of Topliss-reactive ketones (excluding diaryl/α,β-unsaturated/α-hetero) is 1. The monoisotopic (exact) mass is 1270 g/mol. The van der Waals surface area contributed by atoms with Crippen molar-refractivity contribution in [1.82, 2.24) is 24.0 Å². The first kappa shape index (κ1) is 70.2. The lowest BCUT2D eigenvalue weighted by Crippen LogP contribution is -2.38. The molecule has 4 aliphatic heterocycles. The third-order valence-electron chi connectivity index (χ3n) is 14.1. The van der Waals surface area contributed by atoms with Gasteiger partial charge < -0.3 is 53.7 Å². The molecule has 4 saturated heterocycles. The van der Waals surface area contributed by atoms with E-state index in [1.165, 1.54) is 36.4 Å². The van der Waals surface area contributed by atoms with Crippen molar-refractivity contribution in [3.8, 4) is 34.1 Å². The summed E-state index contributed by atoms with van der Waals surface area (Å²) in [5.74, 6) is 1.74. The van der Waals surface area contributed by atoms with E-state index in [4.69, 9.17) is 55.6 Å². The van der Waals surface area contributed by atoms with E-state index in [0.717, 1.165) is 165 Å². The highest BCUT2D eigenvalue weighted by atomic mass is 35.5. The summed E-state index contributed by atoms with van der Waals surface area (Å²) in [6, 6.07) is 43.0. The van der Waals surface area contributed by atoms with Gasteiger partial charge in [-0.05, 0) is 96.6 Å². The molecule has 5 aromatic carbocycles. The molecule has 89 heavy (non-hydrogen) atoms. The van der Waals surface area contributed by atoms with E-state index in [2.05, 4.69) is 24.9 Å². The van der Waals surface area contributed by atoms with Gasteiger partial charge in [-0.15, -0.1) is 24.0 Å². The van der Waals surface area contributed by atoms with E-state index in [9.17, 15) is 29.8 Å². The van der Waals surface area contributed by atoms with E-state index in [-0.39, 0.29) is 29.5 Å². The van der Waals surface area contributed by atoms with Gasteiger partial charge in [-0.3, -0.25) is 49.4 Å². The highest BCUT2D eigenvalue weighted by molar-refractivity contribution is 6.47. The van der Waals surface area contributed by atoms with Crippen LogP contribution in [0.25, 0.3) is 16.6 Å². The Kier molecular flexibility index (Phi) is 30.9. The number of nitrogen functional groups attached to an aromatic ring is 1. The molecule has 25 heteroatoms. The molecular formula is C64H79Cl2N9O14. The maximum absolute atomic E-state index is 13.3. The Labute approximate surface area is 529 Å². The van der Waals surface area contributed by atoms with Crippen LogP contribution in [0.4, 0.5) is 22.7 Å². The number of morpholine rings is 4. The zero-order valence-electron chi connectivity index (χ0n) is 49.7. The second-order valence-corrected chi connectivity index (χ2v) is 20.6. The molecule has 0 atom stereocenters. The van der Waals surface area contributed by atoms with E-state index in [1.807, 2.05) is 78.9 Å². The molecule has 0 bridgehead atoms. The van der Waals surface area contributed by atoms with Crippen LogP contribution in [0.15, 0.2) is 158 Å². The van der Waals surface area contributed by atoms with Crippen LogP contribution in [-0.4, -0.2) is 208 Å². The number of rotatable bonds is 20. The fourth-order valence-corrected chi connectivity index (χ4v) is 9.46. The molecule has 478 valence electrons. The van der Waals surface area contributed by atoms with Crippen molar-refractivity contribution in [1.29, 1.82) is 0 Å². The molecule has 2 aromatic heterocycles. The molecule has 0 aliphatic carbocycles. The lowest BCUT2D eigenvalue weighted by atomic mass is 10.0. The average Bonchev–Trinajstić information content (AvgIpc) is 2.65. The number of fused-ring (bicyclic) bond motifs is 1. The minimum atomic E-state index is -0.688. The Morgan fingerprint density at radius 1 is 0.539 bits per heavy atom. The number of aromatic nitrogens is 1. The summed E-state index contributed by atoms with van der Waals surface area (Å²) in [4.78, 5) is 55.1. The number of carbonyl (C=O) groups is 2. The minimum absolute atomic E-state index is 0. The Bertz CT molecular complexity index is 3160. The van der Waals surface area contributed by atoms with Crippen molar-refractivity contribution in [2.75, 3.05) is 168 Å². The van der Waals surface area contributed by atoms with Crippen molar-refractivity contribution in [2.24, 2.45) is 0 Å². The van der Waals surface area contributed by atoms with Gasteiger partial charge in [-0.25, -0.2) is 0 Å². The normalized spacial score (nSPS) is 15.2. The number of phenols is 1. The van der Waals surface area contributed by atoms with Crippen LogP contribution in [0, 0.1) is 20.2 Å². The van der Waals surface area contributed by atoms with Gasteiger partial charge in [0, 0.05) is 137 Å². The van der Waals surface area contributed by atoms with Gasteiger partial charge in [0.25, 0.3) is 23.1 Å². The number of nitro benzene ring substituents is 2. The van der Waals surface area contributed by atoms with Crippen LogP contribution in [0.5, 0.6) is 23.0 Å². The van der Waals surface area contributed by atoms with Crippen LogP contribution in [0.2, 0.25) is 0 Å². The zero-order valence-corrected chi connectivity index (χ0v) is 51.3. The van der Waals surface area contributed by atoms with E-state index in [1.54, 1.807) is 47.0 Å². The van der Waals surface area contributed by atoms with Crippen molar-refractivity contribution in [3.63, 3.8) is 0 Å². The number of amides is 1. The molecule has 4 fully saturated rings. The van der Waals surface area contributed by atoms with Crippen LogP contribution in [-0.2, 0) is 23.7 Å². The van der Waals surface area contributed by atoms with Gasteiger partial charge in [0.2, 0.25) is 0 Å². The van der Waals surface area contributed by atoms with Crippen molar-refractivity contribution < 1.29 is 57.7 Å². The zero-order chi connectivity index (χ0) is 62.1. The number of nitrogens with two attached hydrogens (primary N) is 1. The Morgan fingerprint density at radius 2 is 0.933 bits per heavy atom. The number of nitrogens with zero attached hydrogens (tertiary/aromatic N) is 7. The fourth-order valence-electron chi connectivity index (χ4n) is 9.22. The molecular weight excluding hydrogens is 1190 g/mol. The maximum atomic E-state index is 13.3. The molecule has 7 aromatic rings. The number of nitro groups is 2. The molecule has 11 rings (SSSR count). The van der Waals surface area contributed by atoms with E-state index in [0.29, 0.717) is 42.7 Å².